The molecule has 0 radical (unpaired) electrons. The Balaban J connectivity index is 1.60. The zero-order chi connectivity index (χ0) is 23.8. The minimum Gasteiger partial charge on any atom is -0.349 e. The maximum Gasteiger partial charge on any atom is 0.418 e. The van der Waals surface area contributed by atoms with E-state index in [1.165, 1.54) is 49.4 Å². The highest BCUT2D eigenvalue weighted by atomic mass is 19.4. The van der Waals surface area contributed by atoms with Crippen molar-refractivity contribution < 1.29 is 22.8 Å². The van der Waals surface area contributed by atoms with E-state index in [4.69, 9.17) is 0 Å². The zero-order valence-corrected chi connectivity index (χ0v) is 17.4. The summed E-state index contributed by atoms with van der Waals surface area (Å²) in [4.78, 5) is 37.1. The molecule has 1 aromatic heterocycles. The molecule has 0 atom stereocenters. The number of hydrogen-bond donors (Lipinski definition) is 2. The average Bonchev–Trinajstić information content (AvgIpc) is 3.57. The molecule has 10 heteroatoms. The van der Waals surface area contributed by atoms with Crippen LogP contribution in [0.3, 0.4) is 0 Å². The van der Waals surface area contributed by atoms with Crippen molar-refractivity contribution in [1.29, 1.82) is 0 Å². The maximum atomic E-state index is 13.4. The quantitative estimate of drug-likeness (QED) is 0.612. The Morgan fingerprint density at radius 1 is 1.03 bits per heavy atom. The molecule has 3 aromatic rings. The second-order valence-corrected chi connectivity index (χ2v) is 7.70. The predicted molar refractivity (Wildman–Crippen MR) is 114 cm³/mol. The van der Waals surface area contributed by atoms with Gasteiger partial charge in [-0.1, -0.05) is 12.1 Å². The fourth-order valence-corrected chi connectivity index (χ4v) is 3.24. The van der Waals surface area contributed by atoms with Gasteiger partial charge in [-0.2, -0.15) is 18.3 Å². The number of halogens is 3. The Morgan fingerprint density at radius 3 is 2.33 bits per heavy atom. The number of carbonyl (C=O) groups is 2. The number of aromatic nitrogens is 2. The van der Waals surface area contributed by atoms with E-state index in [0.717, 1.165) is 29.7 Å². The molecule has 7 nitrogen and oxygen atoms in total. The second-order valence-electron chi connectivity index (χ2n) is 7.70. The van der Waals surface area contributed by atoms with Gasteiger partial charge in [0.1, 0.15) is 0 Å². The number of anilines is 1. The highest BCUT2D eigenvalue weighted by Crippen LogP contribution is 2.33. The van der Waals surface area contributed by atoms with Crippen LogP contribution in [0, 0.1) is 6.92 Å². The molecule has 170 valence electrons. The van der Waals surface area contributed by atoms with Crippen LogP contribution in [0.4, 0.5) is 18.9 Å². The van der Waals surface area contributed by atoms with E-state index in [9.17, 15) is 27.6 Å². The molecule has 0 aliphatic heterocycles. The summed E-state index contributed by atoms with van der Waals surface area (Å²) in [5, 5.41) is 9.26. The molecule has 33 heavy (non-hydrogen) atoms. The molecule has 1 saturated carbocycles. The van der Waals surface area contributed by atoms with E-state index in [2.05, 4.69) is 15.7 Å². The molecule has 0 bridgehead atoms. The van der Waals surface area contributed by atoms with Crippen molar-refractivity contribution in [3.8, 4) is 5.69 Å². The lowest BCUT2D eigenvalue weighted by Gasteiger charge is -2.16. The van der Waals surface area contributed by atoms with Crippen LogP contribution in [0.5, 0.6) is 0 Å². The van der Waals surface area contributed by atoms with Crippen molar-refractivity contribution in [2.75, 3.05) is 5.32 Å². The fourth-order valence-electron chi connectivity index (χ4n) is 3.24. The molecule has 1 aliphatic carbocycles. The van der Waals surface area contributed by atoms with Gasteiger partial charge in [0, 0.05) is 29.1 Å². The smallest absolute Gasteiger partial charge is 0.349 e. The number of para-hydroxylation sites is 1. The molecular weight excluding hydrogens is 437 g/mol. The summed E-state index contributed by atoms with van der Waals surface area (Å²) in [6.45, 7) is 1.43. The number of benzene rings is 2. The molecule has 0 saturated heterocycles. The number of nitrogens with one attached hydrogen (secondary N) is 2. The Morgan fingerprint density at radius 2 is 1.70 bits per heavy atom. The summed E-state index contributed by atoms with van der Waals surface area (Å²) in [5.41, 5.74) is -1.69. The van der Waals surface area contributed by atoms with Crippen LogP contribution in [0.15, 0.2) is 59.4 Å². The van der Waals surface area contributed by atoms with Gasteiger partial charge < -0.3 is 10.6 Å². The second kappa shape index (κ2) is 8.53. The SMILES string of the molecule is Cc1cc(=O)c(C(=O)Nc2ccc(C(=O)NC3CC3)cc2)nn1-c1ccccc1C(F)(F)F. The number of alkyl halides is 3. The van der Waals surface area contributed by atoms with Crippen LogP contribution in [-0.2, 0) is 6.18 Å². The van der Waals surface area contributed by atoms with Gasteiger partial charge in [0.05, 0.1) is 11.3 Å². The van der Waals surface area contributed by atoms with Gasteiger partial charge in [-0.3, -0.25) is 14.4 Å². The lowest BCUT2D eigenvalue weighted by atomic mass is 10.1. The van der Waals surface area contributed by atoms with Crippen molar-refractivity contribution in [3.05, 3.63) is 87.3 Å². The van der Waals surface area contributed by atoms with Gasteiger partial charge in [0.2, 0.25) is 5.43 Å². The number of nitrogens with zero attached hydrogens (tertiary/aromatic N) is 2. The molecule has 1 fully saturated rings. The maximum absolute atomic E-state index is 13.4. The summed E-state index contributed by atoms with van der Waals surface area (Å²) in [6.07, 6.45) is -2.74. The van der Waals surface area contributed by atoms with Crippen LogP contribution in [0.25, 0.3) is 5.69 Å². The first-order valence-corrected chi connectivity index (χ1v) is 10.1. The summed E-state index contributed by atoms with van der Waals surface area (Å²) < 4.78 is 41.3. The largest absolute Gasteiger partial charge is 0.418 e. The summed E-state index contributed by atoms with van der Waals surface area (Å²) in [7, 11) is 0. The first kappa shape index (κ1) is 22.3. The lowest BCUT2D eigenvalue weighted by molar-refractivity contribution is -0.137. The Kier molecular flexibility index (Phi) is 5.75. The highest BCUT2D eigenvalue weighted by Gasteiger charge is 2.34. The summed E-state index contributed by atoms with van der Waals surface area (Å²) in [6, 6.07) is 12.0. The first-order chi connectivity index (χ1) is 15.6. The van der Waals surface area contributed by atoms with Crippen LogP contribution >= 0.6 is 0 Å². The third-order valence-electron chi connectivity index (χ3n) is 5.08. The number of aryl methyl sites for hydroxylation is 1. The van der Waals surface area contributed by atoms with E-state index in [-0.39, 0.29) is 23.3 Å². The normalized spacial score (nSPS) is 13.5. The third-order valence-corrected chi connectivity index (χ3v) is 5.08. The van der Waals surface area contributed by atoms with Gasteiger partial charge in [0.15, 0.2) is 5.69 Å². The number of amides is 2. The summed E-state index contributed by atoms with van der Waals surface area (Å²) >= 11 is 0. The molecule has 0 unspecified atom stereocenters. The predicted octanol–water partition coefficient (Wildman–Crippen LogP) is 3.70. The molecule has 2 aromatic carbocycles. The number of hydrogen-bond acceptors (Lipinski definition) is 4. The zero-order valence-electron chi connectivity index (χ0n) is 17.4. The molecule has 0 spiro atoms. The number of carbonyl (C=O) groups excluding carboxylic acids is 2. The Hall–Kier alpha value is -3.95. The van der Waals surface area contributed by atoms with Gasteiger partial charge in [-0.25, -0.2) is 4.68 Å². The average molecular weight is 456 g/mol. The van der Waals surface area contributed by atoms with Crippen molar-refractivity contribution >= 4 is 17.5 Å². The van der Waals surface area contributed by atoms with Crippen LogP contribution in [0.1, 0.15) is 44.9 Å². The monoisotopic (exact) mass is 456 g/mol. The van der Waals surface area contributed by atoms with E-state index < -0.39 is 28.8 Å². The van der Waals surface area contributed by atoms with E-state index in [0.29, 0.717) is 11.3 Å². The van der Waals surface area contributed by atoms with Crippen LogP contribution < -0.4 is 16.1 Å². The van der Waals surface area contributed by atoms with E-state index >= 15 is 0 Å². The van der Waals surface area contributed by atoms with Gasteiger partial charge in [-0.15, -0.1) is 0 Å². The van der Waals surface area contributed by atoms with E-state index in [1.807, 2.05) is 0 Å². The molecular formula is C23H19F3N4O3. The molecule has 1 aliphatic rings. The molecule has 4 rings (SSSR count). The topological polar surface area (TPSA) is 93.1 Å². The lowest BCUT2D eigenvalue weighted by Crippen LogP contribution is -2.27. The van der Waals surface area contributed by atoms with Crippen LogP contribution in [-0.4, -0.2) is 27.6 Å². The van der Waals surface area contributed by atoms with Crippen LogP contribution in [0.2, 0.25) is 0 Å². The van der Waals surface area contributed by atoms with Crippen molar-refractivity contribution in [2.45, 2.75) is 32.0 Å². The minimum atomic E-state index is -4.65. The van der Waals surface area contributed by atoms with E-state index in [1.54, 1.807) is 0 Å². The van der Waals surface area contributed by atoms with Gasteiger partial charge in [-0.05, 0) is 56.2 Å². The first-order valence-electron chi connectivity index (χ1n) is 10.1. The highest BCUT2D eigenvalue weighted by molar-refractivity contribution is 6.03. The summed E-state index contributed by atoms with van der Waals surface area (Å²) in [5.74, 6) is -1.10. The van der Waals surface area contributed by atoms with Gasteiger partial charge >= 0.3 is 6.18 Å². The van der Waals surface area contributed by atoms with Crippen molar-refractivity contribution in [2.24, 2.45) is 0 Å². The van der Waals surface area contributed by atoms with Crippen molar-refractivity contribution in [3.63, 3.8) is 0 Å². The minimum absolute atomic E-state index is 0.138. The third kappa shape index (κ3) is 4.94. The Labute approximate surface area is 186 Å². The Bertz CT molecular complexity index is 1280. The molecule has 1 heterocycles. The van der Waals surface area contributed by atoms with Crippen molar-refractivity contribution in [1.82, 2.24) is 15.1 Å². The molecule has 2 amide bonds. The standard InChI is InChI=1S/C23H19F3N4O3/c1-13-12-19(31)20(29-30(13)18-5-3-2-4-17(18)23(24,25)26)22(33)28-15-8-6-14(7-9-15)21(32)27-16-10-11-16/h2-9,12,16H,10-11H2,1H3,(H,27,32)(H,28,33). The van der Waals surface area contributed by atoms with Gasteiger partial charge in [0.25, 0.3) is 11.8 Å². The molecule has 2 N–H and O–H groups in total. The number of rotatable bonds is 5. The fraction of sp³-hybridized carbons (Fsp3) is 0.217.